The molecule has 0 aliphatic heterocycles. The Morgan fingerprint density at radius 3 is 2.46 bits per heavy atom. The summed E-state index contributed by atoms with van der Waals surface area (Å²) >= 11 is 0. The number of H-pyrrole nitrogens is 1. The summed E-state index contributed by atoms with van der Waals surface area (Å²) in [6.45, 7) is 0.347. The number of nitrogens with zero attached hydrogens (tertiary/aromatic N) is 4. The third-order valence-corrected chi connectivity index (χ3v) is 5.01. The number of hydrogen-bond donors (Lipinski definition) is 5. The number of nitrogen functional groups attached to an aromatic ring is 1. The molecule has 2 aromatic heterocycles. The number of nitrogens with two attached hydrogens (primary N) is 1. The van der Waals surface area contributed by atoms with Gasteiger partial charge in [0.2, 0.25) is 0 Å². The minimum atomic E-state index is -0.833. The van der Waals surface area contributed by atoms with Crippen LogP contribution in [0.3, 0.4) is 0 Å². The van der Waals surface area contributed by atoms with E-state index < -0.39 is 24.4 Å². The molecule has 0 bridgehead atoms. The number of anilines is 1. The number of carboxylic acids is 1. The zero-order chi connectivity index (χ0) is 28.4. The number of ether oxygens (including phenoxy) is 2. The van der Waals surface area contributed by atoms with E-state index in [4.69, 9.17) is 30.5 Å². The Bertz CT molecular complexity index is 1450. The van der Waals surface area contributed by atoms with E-state index >= 15 is 0 Å². The number of benzene rings is 2. The van der Waals surface area contributed by atoms with Crippen molar-refractivity contribution in [2.75, 3.05) is 25.7 Å². The highest BCUT2D eigenvalue weighted by Crippen LogP contribution is 2.33. The van der Waals surface area contributed by atoms with E-state index in [9.17, 15) is 9.18 Å². The van der Waals surface area contributed by atoms with Gasteiger partial charge in [0.15, 0.2) is 17.3 Å². The molecule has 4 aromatic rings. The first-order valence-electron chi connectivity index (χ1n) is 11.5. The molecule has 1 atom stereocenters. The quantitative estimate of drug-likeness (QED) is 0.148. The molecule has 39 heavy (non-hydrogen) atoms. The summed E-state index contributed by atoms with van der Waals surface area (Å²) in [5.74, 6) is 0.306. The molecule has 0 saturated carbocycles. The van der Waals surface area contributed by atoms with Crippen molar-refractivity contribution in [3.8, 4) is 17.4 Å². The molecule has 0 aliphatic carbocycles. The summed E-state index contributed by atoms with van der Waals surface area (Å²) in [7, 11) is 1.48. The average molecular weight is 539 g/mol. The maximum absolute atomic E-state index is 12.7. The predicted molar refractivity (Wildman–Crippen MR) is 140 cm³/mol. The highest BCUT2D eigenvalue weighted by Gasteiger charge is 2.22. The maximum atomic E-state index is 12.7. The van der Waals surface area contributed by atoms with Crippen LogP contribution in [0.5, 0.6) is 11.5 Å². The Hall–Kier alpha value is -5.27. The minimum Gasteiger partial charge on any atom is -0.493 e. The van der Waals surface area contributed by atoms with Crippen LogP contribution in [0.1, 0.15) is 29.9 Å². The van der Waals surface area contributed by atoms with Gasteiger partial charge < -0.3 is 25.6 Å². The van der Waals surface area contributed by atoms with Gasteiger partial charge in [0.05, 0.1) is 7.11 Å². The highest BCUT2D eigenvalue weighted by atomic mass is 19.1. The van der Waals surface area contributed by atoms with Gasteiger partial charge in [-0.1, -0.05) is 6.07 Å². The molecule has 0 unspecified atom stereocenters. The zero-order valence-electron chi connectivity index (χ0n) is 21.1. The van der Waals surface area contributed by atoms with Crippen molar-refractivity contribution in [3.05, 3.63) is 88.4 Å². The second-order valence-corrected chi connectivity index (χ2v) is 7.81. The molecule has 0 spiro atoms. The Balaban J connectivity index is 0.000000983. The van der Waals surface area contributed by atoms with Gasteiger partial charge in [0.1, 0.15) is 25.2 Å². The monoisotopic (exact) mass is 538 g/mol. The molecule has 13 nitrogen and oxygen atoms in total. The second kappa shape index (κ2) is 13.3. The standard InChI is InChI=1S/C23H23FN8O3.C2H4O2/c1-34-18-13-15(5-8-17(18)35-12-9-24)19(29-16-6-3-14(4-7-16)20(25)26)21-30-23(33)32(31-21)22-27-10-2-11-28-22;1-2(3)4/h2-8,10-11,13,19,29H,9,12H2,1H3,(H3,25,26)(H,30,31,33);1H3,(H,3,4)/t19-;/m0./s1. The third kappa shape index (κ3) is 7.61. The largest absolute Gasteiger partial charge is 0.493 e. The van der Waals surface area contributed by atoms with Crippen molar-refractivity contribution in [1.82, 2.24) is 24.7 Å². The van der Waals surface area contributed by atoms with Crippen LogP contribution in [-0.4, -0.2) is 62.0 Å². The van der Waals surface area contributed by atoms with E-state index in [1.807, 2.05) is 0 Å². The molecule has 204 valence electrons. The Labute approximate surface area is 222 Å². The number of carbonyl (C=O) groups is 1. The van der Waals surface area contributed by atoms with Gasteiger partial charge in [-0.3, -0.25) is 15.2 Å². The van der Waals surface area contributed by atoms with E-state index in [1.54, 1.807) is 48.5 Å². The van der Waals surface area contributed by atoms with Crippen LogP contribution < -0.4 is 26.2 Å². The van der Waals surface area contributed by atoms with Gasteiger partial charge in [-0.15, -0.1) is 9.78 Å². The Morgan fingerprint density at radius 1 is 1.21 bits per heavy atom. The topological polar surface area (TPSA) is 194 Å². The van der Waals surface area contributed by atoms with Crippen LogP contribution in [0.25, 0.3) is 5.95 Å². The molecule has 2 aromatic carbocycles. The summed E-state index contributed by atoms with van der Waals surface area (Å²) in [6.07, 6.45) is 3.02. The van der Waals surface area contributed by atoms with Gasteiger partial charge >= 0.3 is 5.69 Å². The van der Waals surface area contributed by atoms with E-state index in [0.717, 1.165) is 11.6 Å². The van der Waals surface area contributed by atoms with Gasteiger partial charge in [0.25, 0.3) is 11.9 Å². The molecule has 6 N–H and O–H groups in total. The van der Waals surface area contributed by atoms with Crippen molar-refractivity contribution >= 4 is 17.5 Å². The highest BCUT2D eigenvalue weighted by molar-refractivity contribution is 5.95. The number of hydrogen-bond acceptors (Lipinski definition) is 9. The number of rotatable bonds is 10. The number of methoxy groups -OCH3 is 1. The van der Waals surface area contributed by atoms with Gasteiger partial charge in [0, 0.05) is 30.6 Å². The third-order valence-electron chi connectivity index (χ3n) is 5.01. The van der Waals surface area contributed by atoms with Crippen molar-refractivity contribution in [2.24, 2.45) is 5.73 Å². The molecule has 0 aliphatic rings. The molecule has 4 rings (SSSR count). The lowest BCUT2D eigenvalue weighted by atomic mass is 10.0. The van der Waals surface area contributed by atoms with Crippen LogP contribution in [-0.2, 0) is 4.79 Å². The second-order valence-electron chi connectivity index (χ2n) is 7.81. The number of carboxylic acid groups (broad SMARTS) is 1. The first-order chi connectivity index (χ1) is 18.7. The number of alkyl halides is 1. The van der Waals surface area contributed by atoms with E-state index in [-0.39, 0.29) is 24.2 Å². The fourth-order valence-corrected chi connectivity index (χ4v) is 3.36. The summed E-state index contributed by atoms with van der Waals surface area (Å²) in [4.78, 5) is 32.6. The first kappa shape index (κ1) is 28.3. The summed E-state index contributed by atoms with van der Waals surface area (Å²) in [6, 6.07) is 13.1. The lowest BCUT2D eigenvalue weighted by molar-refractivity contribution is -0.134. The molecule has 0 amide bonds. The normalized spacial score (nSPS) is 11.1. The SMILES string of the molecule is CC(=O)O.COc1cc([C@H](Nc2ccc(C(=N)N)cc2)c2nn(-c3ncccn3)c(=O)[nH]2)ccc1OCCF. The number of aromatic nitrogens is 5. The Kier molecular flexibility index (Phi) is 9.67. The van der Waals surface area contributed by atoms with Gasteiger partial charge in [-0.25, -0.2) is 19.2 Å². The van der Waals surface area contributed by atoms with Crippen molar-refractivity contribution in [2.45, 2.75) is 13.0 Å². The predicted octanol–water partition coefficient (Wildman–Crippen LogP) is 2.28. The van der Waals surface area contributed by atoms with E-state index in [1.165, 1.54) is 19.5 Å². The van der Waals surface area contributed by atoms with Crippen LogP contribution in [0.4, 0.5) is 10.1 Å². The molecule has 14 heteroatoms. The molecule has 0 saturated heterocycles. The van der Waals surface area contributed by atoms with Crippen LogP contribution in [0.2, 0.25) is 0 Å². The number of aliphatic carboxylic acids is 1. The number of nitrogens with one attached hydrogen (secondary N) is 3. The summed E-state index contributed by atoms with van der Waals surface area (Å²) in [5.41, 5.74) is 6.97. The van der Waals surface area contributed by atoms with Gasteiger partial charge in [-0.2, -0.15) is 0 Å². The number of amidine groups is 1. The van der Waals surface area contributed by atoms with Gasteiger partial charge in [-0.05, 0) is 48.0 Å². The van der Waals surface area contributed by atoms with Crippen molar-refractivity contribution in [3.63, 3.8) is 0 Å². The number of aromatic amines is 1. The molecular formula is C25H27FN8O5. The smallest absolute Gasteiger partial charge is 0.350 e. The van der Waals surface area contributed by atoms with Crippen LogP contribution in [0, 0.1) is 5.41 Å². The minimum absolute atomic E-state index is 0.0485. The fraction of sp³-hybridized carbons (Fsp3) is 0.200. The average Bonchev–Trinajstić information content (AvgIpc) is 3.32. The lowest BCUT2D eigenvalue weighted by Gasteiger charge is -2.20. The maximum Gasteiger partial charge on any atom is 0.350 e. The number of halogens is 1. The fourth-order valence-electron chi connectivity index (χ4n) is 3.36. The van der Waals surface area contributed by atoms with Crippen LogP contribution >= 0.6 is 0 Å². The van der Waals surface area contributed by atoms with E-state index in [0.29, 0.717) is 28.3 Å². The zero-order valence-corrected chi connectivity index (χ0v) is 21.1. The van der Waals surface area contributed by atoms with Crippen molar-refractivity contribution in [1.29, 1.82) is 5.41 Å². The van der Waals surface area contributed by atoms with Crippen molar-refractivity contribution < 1.29 is 23.8 Å². The lowest BCUT2D eigenvalue weighted by Crippen LogP contribution is -2.18. The molecule has 0 fully saturated rings. The van der Waals surface area contributed by atoms with E-state index in [2.05, 4.69) is 25.4 Å². The molecule has 2 heterocycles. The molecular weight excluding hydrogens is 511 g/mol. The molecule has 0 radical (unpaired) electrons. The summed E-state index contributed by atoms with van der Waals surface area (Å²) in [5, 5.41) is 22.7. The van der Waals surface area contributed by atoms with Crippen LogP contribution in [0.15, 0.2) is 65.7 Å². The first-order valence-corrected chi connectivity index (χ1v) is 11.5. The summed E-state index contributed by atoms with van der Waals surface area (Å²) < 4.78 is 24.5. The Morgan fingerprint density at radius 2 is 1.87 bits per heavy atom.